The predicted molar refractivity (Wildman–Crippen MR) is 71.7 cm³/mol. The minimum atomic E-state index is -0.318. The van der Waals surface area contributed by atoms with E-state index in [4.69, 9.17) is 0 Å². The van der Waals surface area contributed by atoms with Crippen LogP contribution in [-0.2, 0) is 0 Å². The van der Waals surface area contributed by atoms with Gasteiger partial charge in [0.25, 0.3) is 0 Å². The van der Waals surface area contributed by atoms with Gasteiger partial charge in [-0.2, -0.15) is 0 Å². The van der Waals surface area contributed by atoms with E-state index in [1.165, 1.54) is 19.3 Å². The third-order valence-corrected chi connectivity index (χ3v) is 4.48. The number of benzene rings is 1. The van der Waals surface area contributed by atoms with Crippen molar-refractivity contribution < 1.29 is 5.11 Å². The summed E-state index contributed by atoms with van der Waals surface area (Å²) in [5, 5.41) is 10.7. The molecule has 0 radical (unpaired) electrons. The van der Waals surface area contributed by atoms with E-state index in [1.54, 1.807) is 0 Å². The van der Waals surface area contributed by atoms with Crippen molar-refractivity contribution in [3.05, 3.63) is 35.9 Å². The summed E-state index contributed by atoms with van der Waals surface area (Å²) in [7, 11) is 0. The van der Waals surface area contributed by atoms with Crippen LogP contribution in [0.2, 0.25) is 0 Å². The Labute approximate surface area is 105 Å². The van der Waals surface area contributed by atoms with Gasteiger partial charge in [-0.1, -0.05) is 63.9 Å². The van der Waals surface area contributed by atoms with Gasteiger partial charge in [0.2, 0.25) is 0 Å². The molecule has 0 amide bonds. The Morgan fingerprint density at radius 2 is 1.88 bits per heavy atom. The Kier molecular flexibility index (Phi) is 3.58. The van der Waals surface area contributed by atoms with E-state index in [9.17, 15) is 5.11 Å². The van der Waals surface area contributed by atoms with Gasteiger partial charge in [-0.25, -0.2) is 0 Å². The fraction of sp³-hybridized carbons (Fsp3) is 0.625. The van der Waals surface area contributed by atoms with E-state index >= 15 is 0 Å². The molecule has 1 N–H and O–H groups in total. The van der Waals surface area contributed by atoms with E-state index in [0.717, 1.165) is 5.56 Å². The van der Waals surface area contributed by atoms with Gasteiger partial charge in [-0.05, 0) is 29.2 Å². The standard InChI is InChI=1S/C16H24O/c1-12-8-7-11-16(2,3)14(12)15(17)13-9-5-4-6-10-13/h4-6,9-10,12,14-15,17H,7-8,11H2,1-3H3. The average Bonchev–Trinajstić information content (AvgIpc) is 2.28. The molecule has 3 unspecified atom stereocenters. The molecule has 1 aliphatic rings. The topological polar surface area (TPSA) is 20.2 Å². The number of aliphatic hydroxyl groups is 1. The van der Waals surface area contributed by atoms with Crippen molar-refractivity contribution in [2.24, 2.45) is 17.3 Å². The van der Waals surface area contributed by atoms with E-state index in [0.29, 0.717) is 11.8 Å². The maximum Gasteiger partial charge on any atom is 0.0825 e. The third-order valence-electron chi connectivity index (χ3n) is 4.48. The summed E-state index contributed by atoms with van der Waals surface area (Å²) in [6.45, 7) is 6.90. The molecule has 0 aliphatic heterocycles. The molecular weight excluding hydrogens is 208 g/mol. The first-order valence-corrected chi connectivity index (χ1v) is 6.75. The van der Waals surface area contributed by atoms with Gasteiger partial charge in [0.15, 0.2) is 0 Å². The summed E-state index contributed by atoms with van der Waals surface area (Å²) in [6, 6.07) is 10.1. The average molecular weight is 232 g/mol. The van der Waals surface area contributed by atoms with Gasteiger partial charge in [0.05, 0.1) is 6.10 Å². The van der Waals surface area contributed by atoms with Crippen molar-refractivity contribution in [3.8, 4) is 0 Å². The Hall–Kier alpha value is -0.820. The molecule has 1 heteroatoms. The lowest BCUT2D eigenvalue weighted by atomic mass is 9.61. The zero-order valence-electron chi connectivity index (χ0n) is 11.2. The largest absolute Gasteiger partial charge is 0.388 e. The molecule has 0 spiro atoms. The number of hydrogen-bond donors (Lipinski definition) is 1. The highest BCUT2D eigenvalue weighted by molar-refractivity contribution is 5.19. The van der Waals surface area contributed by atoms with Crippen LogP contribution in [-0.4, -0.2) is 5.11 Å². The second-order valence-corrected chi connectivity index (χ2v) is 6.24. The van der Waals surface area contributed by atoms with Gasteiger partial charge in [-0.3, -0.25) is 0 Å². The van der Waals surface area contributed by atoms with E-state index in [-0.39, 0.29) is 11.5 Å². The molecule has 0 aromatic heterocycles. The Bertz CT molecular complexity index is 355. The maximum atomic E-state index is 10.7. The Morgan fingerprint density at radius 1 is 1.24 bits per heavy atom. The van der Waals surface area contributed by atoms with Crippen molar-refractivity contribution >= 4 is 0 Å². The highest BCUT2D eigenvalue weighted by Gasteiger charge is 2.41. The number of hydrogen-bond acceptors (Lipinski definition) is 1. The highest BCUT2D eigenvalue weighted by atomic mass is 16.3. The second-order valence-electron chi connectivity index (χ2n) is 6.24. The lowest BCUT2D eigenvalue weighted by Gasteiger charge is -2.45. The molecular formula is C16H24O. The molecule has 1 aliphatic carbocycles. The van der Waals surface area contributed by atoms with Crippen molar-refractivity contribution in [1.29, 1.82) is 0 Å². The van der Waals surface area contributed by atoms with Crippen LogP contribution in [0.25, 0.3) is 0 Å². The summed E-state index contributed by atoms with van der Waals surface area (Å²) < 4.78 is 0. The van der Waals surface area contributed by atoms with Crippen LogP contribution in [0.1, 0.15) is 51.7 Å². The monoisotopic (exact) mass is 232 g/mol. The molecule has 1 aromatic rings. The summed E-state index contributed by atoms with van der Waals surface area (Å²) in [5.74, 6) is 0.979. The van der Waals surface area contributed by atoms with E-state index < -0.39 is 0 Å². The summed E-state index contributed by atoms with van der Waals surface area (Å²) in [6.07, 6.45) is 3.46. The Morgan fingerprint density at radius 3 is 2.47 bits per heavy atom. The van der Waals surface area contributed by atoms with Crippen molar-refractivity contribution in [2.75, 3.05) is 0 Å². The molecule has 3 atom stereocenters. The zero-order chi connectivity index (χ0) is 12.5. The van der Waals surface area contributed by atoms with Crippen LogP contribution in [0.3, 0.4) is 0 Å². The zero-order valence-corrected chi connectivity index (χ0v) is 11.2. The van der Waals surface area contributed by atoms with Gasteiger partial charge in [0, 0.05) is 0 Å². The van der Waals surface area contributed by atoms with Crippen LogP contribution < -0.4 is 0 Å². The lowest BCUT2D eigenvalue weighted by Crippen LogP contribution is -2.37. The minimum Gasteiger partial charge on any atom is -0.388 e. The molecule has 1 aromatic carbocycles. The van der Waals surface area contributed by atoms with Crippen LogP contribution in [0.5, 0.6) is 0 Å². The normalized spacial score (nSPS) is 29.9. The molecule has 2 rings (SSSR count). The number of rotatable bonds is 2. The fourth-order valence-corrected chi connectivity index (χ4v) is 3.59. The van der Waals surface area contributed by atoms with Crippen LogP contribution in [0, 0.1) is 17.3 Å². The molecule has 1 nitrogen and oxygen atoms in total. The van der Waals surface area contributed by atoms with Crippen LogP contribution >= 0.6 is 0 Å². The highest BCUT2D eigenvalue weighted by Crippen LogP contribution is 2.49. The molecule has 0 heterocycles. The predicted octanol–water partition coefficient (Wildman–Crippen LogP) is 4.18. The fourth-order valence-electron chi connectivity index (χ4n) is 3.59. The van der Waals surface area contributed by atoms with Gasteiger partial charge >= 0.3 is 0 Å². The maximum absolute atomic E-state index is 10.7. The minimum absolute atomic E-state index is 0.243. The van der Waals surface area contributed by atoms with Gasteiger partial charge in [0.1, 0.15) is 0 Å². The SMILES string of the molecule is CC1CCCC(C)(C)C1C(O)c1ccccc1. The summed E-state index contributed by atoms with van der Waals surface area (Å²) >= 11 is 0. The molecule has 1 fully saturated rings. The molecule has 94 valence electrons. The lowest BCUT2D eigenvalue weighted by molar-refractivity contribution is -0.0292. The van der Waals surface area contributed by atoms with Gasteiger partial charge < -0.3 is 5.11 Å². The van der Waals surface area contributed by atoms with E-state index in [2.05, 4.69) is 20.8 Å². The van der Waals surface area contributed by atoms with Crippen LogP contribution in [0.15, 0.2) is 30.3 Å². The van der Waals surface area contributed by atoms with Crippen molar-refractivity contribution in [1.82, 2.24) is 0 Å². The van der Waals surface area contributed by atoms with Crippen LogP contribution in [0.4, 0.5) is 0 Å². The summed E-state index contributed by atoms with van der Waals surface area (Å²) in [4.78, 5) is 0. The molecule has 17 heavy (non-hydrogen) atoms. The number of aliphatic hydroxyl groups excluding tert-OH is 1. The first-order valence-electron chi connectivity index (χ1n) is 6.75. The van der Waals surface area contributed by atoms with E-state index in [1.807, 2.05) is 30.3 Å². The quantitative estimate of drug-likeness (QED) is 0.811. The summed E-state index contributed by atoms with van der Waals surface area (Å²) in [5.41, 5.74) is 1.31. The first-order chi connectivity index (χ1) is 8.02. The molecule has 1 saturated carbocycles. The smallest absolute Gasteiger partial charge is 0.0825 e. The first kappa shape index (κ1) is 12.6. The Balaban J connectivity index is 2.25. The van der Waals surface area contributed by atoms with Crippen molar-refractivity contribution in [3.63, 3.8) is 0 Å². The molecule has 0 bridgehead atoms. The second kappa shape index (κ2) is 4.81. The van der Waals surface area contributed by atoms with Crippen molar-refractivity contribution in [2.45, 2.75) is 46.1 Å². The van der Waals surface area contributed by atoms with Gasteiger partial charge in [-0.15, -0.1) is 0 Å². The molecule has 0 saturated heterocycles. The third kappa shape index (κ3) is 2.55.